The van der Waals surface area contributed by atoms with E-state index in [1.54, 1.807) is 12.1 Å². The maximum atomic E-state index is 12.7. The van der Waals surface area contributed by atoms with Crippen molar-refractivity contribution >= 4 is 17.7 Å². The van der Waals surface area contributed by atoms with Gasteiger partial charge in [0.2, 0.25) is 0 Å². The Morgan fingerprint density at radius 2 is 1.73 bits per heavy atom. The number of rotatable bonds is 2. The molecule has 1 aromatic carbocycles. The molecular weight excluding hydrogens is 284 g/mol. The van der Waals surface area contributed by atoms with Crippen molar-refractivity contribution in [3.05, 3.63) is 35.4 Å². The predicted octanol–water partition coefficient (Wildman–Crippen LogP) is 1.95. The number of ketones is 1. The molecule has 0 unspecified atom stereocenters. The Kier molecular flexibility index (Phi) is 3.31. The first-order chi connectivity index (χ1) is 10.5. The fourth-order valence-electron chi connectivity index (χ4n) is 4.31. The van der Waals surface area contributed by atoms with Gasteiger partial charge in [0.15, 0.2) is 11.2 Å². The lowest BCUT2D eigenvalue weighted by atomic mass is 9.74. The number of fused-ring (bicyclic) bond motifs is 3. The fourth-order valence-corrected chi connectivity index (χ4v) is 4.31. The molecule has 0 aliphatic heterocycles. The smallest absolute Gasteiger partial charge is 0.323 e. The summed E-state index contributed by atoms with van der Waals surface area (Å²) in [4.78, 5) is 37.7. The molecule has 0 radical (unpaired) electrons. The molecule has 1 fully saturated rings. The first-order valence-corrected chi connectivity index (χ1v) is 7.29. The number of esters is 2. The highest BCUT2D eigenvalue weighted by atomic mass is 16.5. The zero-order valence-electron chi connectivity index (χ0n) is 12.8. The molecule has 2 aliphatic rings. The zero-order chi connectivity index (χ0) is 16.1. The van der Waals surface area contributed by atoms with E-state index in [-0.39, 0.29) is 24.0 Å². The number of carbonyl (C=O) groups excluding carboxylic acids is 3. The van der Waals surface area contributed by atoms with Crippen LogP contribution in [-0.2, 0) is 19.1 Å². The van der Waals surface area contributed by atoms with Gasteiger partial charge in [0.05, 0.1) is 14.2 Å². The average Bonchev–Trinajstić information content (AvgIpc) is 3.02. The van der Waals surface area contributed by atoms with Gasteiger partial charge in [-0.15, -0.1) is 0 Å². The van der Waals surface area contributed by atoms with Crippen molar-refractivity contribution in [1.82, 2.24) is 0 Å². The van der Waals surface area contributed by atoms with Crippen LogP contribution in [0.15, 0.2) is 24.3 Å². The summed E-state index contributed by atoms with van der Waals surface area (Å²) in [5.74, 6) is -2.22. The van der Waals surface area contributed by atoms with Gasteiger partial charge >= 0.3 is 11.9 Å². The van der Waals surface area contributed by atoms with Crippen molar-refractivity contribution in [2.75, 3.05) is 14.2 Å². The molecule has 0 saturated heterocycles. The minimum absolute atomic E-state index is 0.00258. The summed E-state index contributed by atoms with van der Waals surface area (Å²) in [5.41, 5.74) is -0.0885. The standard InChI is InChI=1S/C17H18O5/c1-9-8-17(15(19)21-2,16(20)22-3)13-10-6-4-5-7-11(10)14(18)12(9)13/h4-7,9,12-13H,8H2,1-3H3/t9-,12-,13-/m0/s1. The molecule has 3 rings (SSSR count). The molecule has 1 saturated carbocycles. The molecule has 0 bridgehead atoms. The van der Waals surface area contributed by atoms with Crippen LogP contribution in [0.25, 0.3) is 0 Å². The Balaban J connectivity index is 2.24. The van der Waals surface area contributed by atoms with Gasteiger partial charge in [0, 0.05) is 17.4 Å². The van der Waals surface area contributed by atoms with Crippen LogP contribution >= 0.6 is 0 Å². The lowest BCUT2D eigenvalue weighted by Crippen LogP contribution is -2.43. The second-order valence-electron chi connectivity index (χ2n) is 6.09. The number of hydrogen-bond donors (Lipinski definition) is 0. The van der Waals surface area contributed by atoms with E-state index in [0.717, 1.165) is 5.56 Å². The Hall–Kier alpha value is -2.17. The van der Waals surface area contributed by atoms with Gasteiger partial charge in [0.25, 0.3) is 0 Å². The van der Waals surface area contributed by atoms with Crippen LogP contribution in [0, 0.1) is 17.3 Å². The van der Waals surface area contributed by atoms with Crippen LogP contribution in [-0.4, -0.2) is 31.9 Å². The van der Waals surface area contributed by atoms with E-state index >= 15 is 0 Å². The highest BCUT2D eigenvalue weighted by molar-refractivity contribution is 6.09. The third-order valence-electron chi connectivity index (χ3n) is 5.11. The highest BCUT2D eigenvalue weighted by Crippen LogP contribution is 2.61. The van der Waals surface area contributed by atoms with Gasteiger partial charge in [-0.05, 0) is 17.9 Å². The summed E-state index contributed by atoms with van der Waals surface area (Å²) in [6.07, 6.45) is 0.266. The summed E-state index contributed by atoms with van der Waals surface area (Å²) in [7, 11) is 2.52. The molecule has 0 amide bonds. The average molecular weight is 302 g/mol. The molecule has 116 valence electrons. The Morgan fingerprint density at radius 1 is 1.14 bits per heavy atom. The lowest BCUT2D eigenvalue weighted by molar-refractivity contribution is -0.170. The first kappa shape index (κ1) is 14.8. The largest absolute Gasteiger partial charge is 0.468 e. The Labute approximate surface area is 128 Å². The Bertz CT molecular complexity index is 647. The van der Waals surface area contributed by atoms with Crippen molar-refractivity contribution in [3.63, 3.8) is 0 Å². The van der Waals surface area contributed by atoms with E-state index < -0.39 is 23.3 Å². The highest BCUT2D eigenvalue weighted by Gasteiger charge is 2.67. The topological polar surface area (TPSA) is 69.7 Å². The van der Waals surface area contributed by atoms with Crippen LogP contribution < -0.4 is 0 Å². The number of Topliss-reactive ketones (excluding diaryl/α,β-unsaturated/α-hetero) is 1. The van der Waals surface area contributed by atoms with Crippen molar-refractivity contribution < 1.29 is 23.9 Å². The van der Waals surface area contributed by atoms with Crippen LogP contribution in [0.3, 0.4) is 0 Å². The minimum atomic E-state index is -1.43. The van der Waals surface area contributed by atoms with Gasteiger partial charge in [-0.2, -0.15) is 0 Å². The minimum Gasteiger partial charge on any atom is -0.468 e. The SMILES string of the molecule is COC(=O)C1(C(=O)OC)C[C@H](C)[C@@H]2C(=O)c3ccccc3[C@@H]21. The molecule has 1 aromatic rings. The number of hydrogen-bond acceptors (Lipinski definition) is 5. The first-order valence-electron chi connectivity index (χ1n) is 7.29. The van der Waals surface area contributed by atoms with Gasteiger partial charge in [0.1, 0.15) is 0 Å². The summed E-state index contributed by atoms with van der Waals surface area (Å²) >= 11 is 0. The third-order valence-corrected chi connectivity index (χ3v) is 5.11. The second-order valence-corrected chi connectivity index (χ2v) is 6.09. The van der Waals surface area contributed by atoms with E-state index in [4.69, 9.17) is 9.47 Å². The number of carbonyl (C=O) groups is 3. The van der Waals surface area contributed by atoms with E-state index in [2.05, 4.69) is 0 Å². The van der Waals surface area contributed by atoms with Gasteiger partial charge in [-0.3, -0.25) is 14.4 Å². The number of ether oxygens (including phenoxy) is 2. The Morgan fingerprint density at radius 3 is 2.32 bits per heavy atom. The van der Waals surface area contributed by atoms with Crippen LogP contribution in [0.1, 0.15) is 35.2 Å². The molecule has 5 nitrogen and oxygen atoms in total. The van der Waals surface area contributed by atoms with E-state index in [1.807, 2.05) is 19.1 Å². The van der Waals surface area contributed by atoms with Crippen molar-refractivity contribution in [3.8, 4) is 0 Å². The predicted molar refractivity (Wildman–Crippen MR) is 77.2 cm³/mol. The third kappa shape index (κ3) is 1.62. The van der Waals surface area contributed by atoms with E-state index in [1.165, 1.54) is 14.2 Å². The van der Waals surface area contributed by atoms with Crippen molar-refractivity contribution in [1.29, 1.82) is 0 Å². The van der Waals surface area contributed by atoms with Crippen LogP contribution in [0.2, 0.25) is 0 Å². The molecular formula is C17H18O5. The zero-order valence-corrected chi connectivity index (χ0v) is 12.8. The lowest BCUT2D eigenvalue weighted by Gasteiger charge is -2.29. The van der Waals surface area contributed by atoms with Gasteiger partial charge in [-0.25, -0.2) is 0 Å². The molecule has 2 aliphatic carbocycles. The van der Waals surface area contributed by atoms with Crippen LogP contribution in [0.5, 0.6) is 0 Å². The molecule has 0 N–H and O–H groups in total. The fraction of sp³-hybridized carbons (Fsp3) is 0.471. The molecule has 0 aromatic heterocycles. The van der Waals surface area contributed by atoms with Gasteiger partial charge < -0.3 is 9.47 Å². The maximum Gasteiger partial charge on any atom is 0.323 e. The summed E-state index contributed by atoms with van der Waals surface area (Å²) in [6, 6.07) is 7.18. The molecule has 0 spiro atoms. The monoisotopic (exact) mass is 302 g/mol. The maximum absolute atomic E-state index is 12.7. The second kappa shape index (κ2) is 4.93. The van der Waals surface area contributed by atoms with Gasteiger partial charge in [-0.1, -0.05) is 31.2 Å². The van der Waals surface area contributed by atoms with Crippen molar-refractivity contribution in [2.24, 2.45) is 17.3 Å². The molecule has 5 heteroatoms. The summed E-state index contributed by atoms with van der Waals surface area (Å²) in [6.45, 7) is 1.90. The quantitative estimate of drug-likeness (QED) is 0.617. The molecule has 3 atom stereocenters. The normalized spacial score (nSPS) is 28.0. The van der Waals surface area contributed by atoms with E-state index in [0.29, 0.717) is 5.56 Å². The van der Waals surface area contributed by atoms with Crippen molar-refractivity contribution in [2.45, 2.75) is 19.3 Å². The van der Waals surface area contributed by atoms with Crippen LogP contribution in [0.4, 0.5) is 0 Å². The molecule has 0 heterocycles. The van der Waals surface area contributed by atoms with E-state index in [9.17, 15) is 14.4 Å². The molecule has 22 heavy (non-hydrogen) atoms. The summed E-state index contributed by atoms with van der Waals surface area (Å²) < 4.78 is 9.83. The number of methoxy groups -OCH3 is 2. The number of benzene rings is 1. The summed E-state index contributed by atoms with van der Waals surface area (Å²) in [5, 5.41) is 0.